The lowest BCUT2D eigenvalue weighted by atomic mass is 9.93. The maximum absolute atomic E-state index is 12.5. The van der Waals surface area contributed by atoms with Gasteiger partial charge in [0.05, 0.1) is 10.8 Å². The molecule has 1 aromatic rings. The van der Waals surface area contributed by atoms with Crippen molar-refractivity contribution in [3.05, 3.63) is 29.0 Å². The molecule has 1 heterocycles. The molecule has 0 saturated heterocycles. The Bertz CT molecular complexity index is 616. The molecule has 7 heteroatoms. The van der Waals surface area contributed by atoms with Gasteiger partial charge in [0, 0.05) is 25.5 Å². The van der Waals surface area contributed by atoms with Gasteiger partial charge in [-0.1, -0.05) is 24.4 Å². The lowest BCUT2D eigenvalue weighted by Crippen LogP contribution is -2.49. The van der Waals surface area contributed by atoms with Crippen molar-refractivity contribution in [1.82, 2.24) is 9.88 Å². The molecule has 0 aliphatic heterocycles. The normalized spacial score (nSPS) is 22.8. The standard InChI is InChI=1S/C14H19ClN2O3S/c1-17(14(18)10-7-8-13(15)16-9-10)11-5-3-4-6-12(11)21(2,19)20/h7-9,11-12H,3-6H2,1-2H3/t11-,12-/m1/s1. The van der Waals surface area contributed by atoms with Crippen LogP contribution >= 0.6 is 11.6 Å². The van der Waals surface area contributed by atoms with Gasteiger partial charge in [-0.2, -0.15) is 0 Å². The van der Waals surface area contributed by atoms with Gasteiger partial charge in [0.25, 0.3) is 5.91 Å². The summed E-state index contributed by atoms with van der Waals surface area (Å²) in [7, 11) is -1.52. The number of rotatable bonds is 3. The summed E-state index contributed by atoms with van der Waals surface area (Å²) in [6.45, 7) is 0. The number of nitrogens with zero attached hydrogens (tertiary/aromatic N) is 2. The molecule has 2 rings (SSSR count). The minimum atomic E-state index is -3.17. The zero-order valence-electron chi connectivity index (χ0n) is 12.1. The Kier molecular flexibility index (Phi) is 4.88. The maximum atomic E-state index is 12.5. The number of sulfone groups is 1. The number of amides is 1. The summed E-state index contributed by atoms with van der Waals surface area (Å²) in [5, 5.41) is -0.165. The van der Waals surface area contributed by atoms with Gasteiger partial charge in [0.1, 0.15) is 5.15 Å². The molecule has 1 aliphatic carbocycles. The van der Waals surface area contributed by atoms with Gasteiger partial charge in [0.15, 0.2) is 9.84 Å². The van der Waals surface area contributed by atoms with Crippen LogP contribution in [0.15, 0.2) is 18.3 Å². The van der Waals surface area contributed by atoms with Gasteiger partial charge in [-0.3, -0.25) is 4.79 Å². The Hall–Kier alpha value is -1.14. The lowest BCUT2D eigenvalue weighted by Gasteiger charge is -2.36. The number of carbonyl (C=O) groups is 1. The predicted molar refractivity (Wildman–Crippen MR) is 82.2 cm³/mol. The molecule has 1 fully saturated rings. The first-order valence-corrected chi connectivity index (χ1v) is 9.21. The average Bonchev–Trinajstić information content (AvgIpc) is 2.45. The van der Waals surface area contributed by atoms with E-state index in [9.17, 15) is 13.2 Å². The largest absolute Gasteiger partial charge is 0.337 e. The first-order chi connectivity index (χ1) is 9.80. The van der Waals surface area contributed by atoms with E-state index in [-0.39, 0.29) is 11.9 Å². The highest BCUT2D eigenvalue weighted by molar-refractivity contribution is 7.91. The van der Waals surface area contributed by atoms with Crippen molar-refractivity contribution in [3.8, 4) is 0 Å². The van der Waals surface area contributed by atoms with Crippen molar-refractivity contribution in [2.45, 2.75) is 37.0 Å². The Morgan fingerprint density at radius 1 is 1.33 bits per heavy atom. The molecule has 0 aromatic carbocycles. The summed E-state index contributed by atoms with van der Waals surface area (Å²) < 4.78 is 23.9. The summed E-state index contributed by atoms with van der Waals surface area (Å²) in [5.74, 6) is -0.222. The van der Waals surface area contributed by atoms with Crippen molar-refractivity contribution in [3.63, 3.8) is 0 Å². The van der Waals surface area contributed by atoms with Crippen LogP contribution in [0.3, 0.4) is 0 Å². The Labute approximate surface area is 130 Å². The molecule has 0 N–H and O–H groups in total. The lowest BCUT2D eigenvalue weighted by molar-refractivity contribution is 0.0700. The van der Waals surface area contributed by atoms with E-state index in [4.69, 9.17) is 11.6 Å². The molecule has 2 atom stereocenters. The predicted octanol–water partition coefficient (Wildman–Crippen LogP) is 2.16. The van der Waals surface area contributed by atoms with Crippen LogP contribution in [0.4, 0.5) is 0 Å². The van der Waals surface area contributed by atoms with E-state index in [2.05, 4.69) is 4.98 Å². The van der Waals surface area contributed by atoms with Gasteiger partial charge < -0.3 is 4.90 Å². The third-order valence-corrected chi connectivity index (χ3v) is 5.88. The van der Waals surface area contributed by atoms with Gasteiger partial charge in [-0.15, -0.1) is 0 Å². The van der Waals surface area contributed by atoms with Gasteiger partial charge in [-0.05, 0) is 25.0 Å². The molecule has 1 aliphatic rings. The van der Waals surface area contributed by atoms with Crippen molar-refractivity contribution in [1.29, 1.82) is 0 Å². The van der Waals surface area contributed by atoms with Crippen LogP contribution < -0.4 is 0 Å². The van der Waals surface area contributed by atoms with Crippen LogP contribution in [0.2, 0.25) is 5.15 Å². The third-order valence-electron chi connectivity index (χ3n) is 4.01. The molecule has 1 amide bonds. The van der Waals surface area contributed by atoms with Crippen molar-refractivity contribution in [2.24, 2.45) is 0 Å². The molecule has 0 radical (unpaired) electrons. The van der Waals surface area contributed by atoms with E-state index < -0.39 is 15.1 Å². The fourth-order valence-corrected chi connectivity index (χ4v) is 4.47. The van der Waals surface area contributed by atoms with Crippen LogP contribution in [0, 0.1) is 0 Å². The summed E-state index contributed by atoms with van der Waals surface area (Å²) in [6.07, 6.45) is 5.81. The quantitative estimate of drug-likeness (QED) is 0.796. The molecule has 116 valence electrons. The Morgan fingerprint density at radius 3 is 2.57 bits per heavy atom. The fourth-order valence-electron chi connectivity index (χ4n) is 2.88. The molecule has 0 bridgehead atoms. The first kappa shape index (κ1) is 16.2. The molecule has 5 nitrogen and oxygen atoms in total. The molecule has 0 spiro atoms. The van der Waals surface area contributed by atoms with Crippen molar-refractivity contribution >= 4 is 27.3 Å². The van der Waals surface area contributed by atoms with E-state index in [1.54, 1.807) is 19.2 Å². The van der Waals surface area contributed by atoms with E-state index in [0.29, 0.717) is 23.6 Å². The monoisotopic (exact) mass is 330 g/mol. The van der Waals surface area contributed by atoms with Crippen molar-refractivity contribution in [2.75, 3.05) is 13.3 Å². The fraction of sp³-hybridized carbons (Fsp3) is 0.571. The average molecular weight is 331 g/mol. The highest BCUT2D eigenvalue weighted by Crippen LogP contribution is 2.28. The highest BCUT2D eigenvalue weighted by Gasteiger charge is 2.37. The summed E-state index contributed by atoms with van der Waals surface area (Å²) in [4.78, 5) is 17.9. The number of halogens is 1. The van der Waals surface area contributed by atoms with E-state index in [1.165, 1.54) is 17.4 Å². The summed E-state index contributed by atoms with van der Waals surface area (Å²) in [6, 6.07) is 2.88. The maximum Gasteiger partial charge on any atom is 0.255 e. The second-order valence-electron chi connectivity index (χ2n) is 5.51. The number of pyridine rings is 1. The topological polar surface area (TPSA) is 67.3 Å². The Morgan fingerprint density at radius 2 is 2.00 bits per heavy atom. The second-order valence-corrected chi connectivity index (χ2v) is 8.16. The molecule has 21 heavy (non-hydrogen) atoms. The van der Waals surface area contributed by atoms with Gasteiger partial charge in [0.2, 0.25) is 0 Å². The van der Waals surface area contributed by atoms with E-state index >= 15 is 0 Å². The van der Waals surface area contributed by atoms with Crippen LogP contribution in [0.1, 0.15) is 36.0 Å². The smallest absolute Gasteiger partial charge is 0.255 e. The van der Waals surface area contributed by atoms with Crippen LogP contribution in [0.5, 0.6) is 0 Å². The number of carbonyl (C=O) groups excluding carboxylic acids is 1. The second kappa shape index (κ2) is 6.32. The number of hydrogen-bond acceptors (Lipinski definition) is 4. The van der Waals surface area contributed by atoms with E-state index in [0.717, 1.165) is 12.8 Å². The Balaban J connectivity index is 2.22. The van der Waals surface area contributed by atoms with Crippen molar-refractivity contribution < 1.29 is 13.2 Å². The zero-order chi connectivity index (χ0) is 15.6. The van der Waals surface area contributed by atoms with E-state index in [1.807, 2.05) is 0 Å². The van der Waals surface area contributed by atoms with Crippen LogP contribution in [-0.4, -0.2) is 48.8 Å². The first-order valence-electron chi connectivity index (χ1n) is 6.88. The number of hydrogen-bond donors (Lipinski definition) is 0. The molecule has 1 saturated carbocycles. The molecular weight excluding hydrogens is 312 g/mol. The molecular formula is C14H19ClN2O3S. The van der Waals surface area contributed by atoms with Crippen LogP contribution in [-0.2, 0) is 9.84 Å². The molecule has 1 aromatic heterocycles. The SMILES string of the molecule is CN(C(=O)c1ccc(Cl)nc1)[C@@H]1CCCC[C@H]1S(C)(=O)=O. The minimum absolute atomic E-state index is 0.222. The van der Waals surface area contributed by atoms with Gasteiger partial charge in [-0.25, -0.2) is 13.4 Å². The molecule has 0 unspecified atom stereocenters. The highest BCUT2D eigenvalue weighted by atomic mass is 35.5. The third kappa shape index (κ3) is 3.74. The minimum Gasteiger partial charge on any atom is -0.337 e. The summed E-state index contributed by atoms with van der Waals surface area (Å²) >= 11 is 5.71. The zero-order valence-corrected chi connectivity index (χ0v) is 13.7. The van der Waals surface area contributed by atoms with Crippen LogP contribution in [0.25, 0.3) is 0 Å². The summed E-state index contributed by atoms with van der Waals surface area (Å²) in [5.41, 5.74) is 0.416. The van der Waals surface area contributed by atoms with Gasteiger partial charge >= 0.3 is 0 Å². The number of aromatic nitrogens is 1.